The summed E-state index contributed by atoms with van der Waals surface area (Å²) in [6.45, 7) is 1.32. The summed E-state index contributed by atoms with van der Waals surface area (Å²) in [5.74, 6) is -1.35. The van der Waals surface area contributed by atoms with Gasteiger partial charge in [-0.2, -0.15) is 28.5 Å². The van der Waals surface area contributed by atoms with Gasteiger partial charge >= 0.3 is 6.18 Å². The first-order chi connectivity index (χ1) is 19.3. The molecular formula is C26H27F3N10O. The van der Waals surface area contributed by atoms with E-state index >= 15 is 0 Å². The van der Waals surface area contributed by atoms with Gasteiger partial charge in [-0.25, -0.2) is 15.0 Å². The van der Waals surface area contributed by atoms with E-state index in [4.69, 9.17) is 10.5 Å². The normalized spacial score (nSPS) is 22.2. The van der Waals surface area contributed by atoms with Crippen LogP contribution in [0.1, 0.15) is 43.6 Å². The van der Waals surface area contributed by atoms with Gasteiger partial charge in [-0.05, 0) is 31.7 Å². The van der Waals surface area contributed by atoms with E-state index in [0.29, 0.717) is 19.3 Å². The molecule has 1 aliphatic heterocycles. The Labute approximate surface area is 227 Å². The van der Waals surface area contributed by atoms with Crippen LogP contribution in [-0.4, -0.2) is 64.8 Å². The van der Waals surface area contributed by atoms with Gasteiger partial charge in [-0.15, -0.1) is 0 Å². The van der Waals surface area contributed by atoms with Crippen molar-refractivity contribution in [1.29, 1.82) is 5.26 Å². The molecule has 0 bridgehead atoms. The van der Waals surface area contributed by atoms with Gasteiger partial charge in [-0.3, -0.25) is 9.58 Å². The Hall–Kier alpha value is -4.09. The Morgan fingerprint density at radius 1 is 1.20 bits per heavy atom. The SMILES string of the molecule is N#CC[C@]1(n2cc(-c3ncnc4[nH]ccc34)cn2)C[C@@H](N2CCC(Oc3cc(CN)nc(C(F)(F)F)n3)CC2)C1. The van der Waals surface area contributed by atoms with E-state index in [2.05, 4.69) is 41.0 Å². The maximum atomic E-state index is 13.2. The molecule has 1 saturated heterocycles. The van der Waals surface area contributed by atoms with E-state index in [1.807, 2.05) is 23.1 Å². The van der Waals surface area contributed by atoms with Gasteiger partial charge in [0.15, 0.2) is 0 Å². The molecule has 4 aromatic rings. The number of likely N-dealkylation sites (tertiary alicyclic amines) is 1. The predicted molar refractivity (Wildman–Crippen MR) is 136 cm³/mol. The lowest BCUT2D eigenvalue weighted by atomic mass is 9.69. The Morgan fingerprint density at radius 3 is 2.73 bits per heavy atom. The van der Waals surface area contributed by atoms with E-state index in [0.717, 1.165) is 48.2 Å². The molecule has 1 aliphatic carbocycles. The van der Waals surface area contributed by atoms with Gasteiger partial charge < -0.3 is 15.5 Å². The van der Waals surface area contributed by atoms with Crippen molar-refractivity contribution in [3.8, 4) is 23.2 Å². The van der Waals surface area contributed by atoms with Crippen molar-refractivity contribution in [2.75, 3.05) is 13.1 Å². The fourth-order valence-electron chi connectivity index (χ4n) is 5.74. The molecule has 2 aliphatic rings. The number of halogens is 3. The summed E-state index contributed by atoms with van der Waals surface area (Å²) in [4.78, 5) is 21.2. The molecule has 4 aromatic heterocycles. The third-order valence-electron chi connectivity index (χ3n) is 7.83. The lowest BCUT2D eigenvalue weighted by molar-refractivity contribution is -0.145. The Bertz CT molecular complexity index is 1540. The summed E-state index contributed by atoms with van der Waals surface area (Å²) >= 11 is 0. The molecule has 3 N–H and O–H groups in total. The summed E-state index contributed by atoms with van der Waals surface area (Å²) in [5.41, 5.74) is 7.60. The quantitative estimate of drug-likeness (QED) is 0.352. The number of H-pyrrole nitrogens is 1. The minimum Gasteiger partial charge on any atom is -0.474 e. The van der Waals surface area contributed by atoms with Crippen LogP contribution in [0.2, 0.25) is 0 Å². The van der Waals surface area contributed by atoms with Crippen LogP contribution >= 0.6 is 0 Å². The second-order valence-corrected chi connectivity index (χ2v) is 10.3. The van der Waals surface area contributed by atoms with E-state index < -0.39 is 17.5 Å². The van der Waals surface area contributed by atoms with Gasteiger partial charge in [0.05, 0.1) is 35.6 Å². The minimum atomic E-state index is -4.68. The molecule has 0 amide bonds. The monoisotopic (exact) mass is 552 g/mol. The fraction of sp³-hybridized carbons (Fsp3) is 0.462. The largest absolute Gasteiger partial charge is 0.474 e. The summed E-state index contributed by atoms with van der Waals surface area (Å²) < 4.78 is 47.2. The standard InChI is InChI=1S/C26H27F3N10O/c27-26(28,29)24-36-17(12-31)9-21(37-24)40-19-2-7-38(8-3-19)18-10-25(11-18,4-5-30)39-14-16(13-35-39)22-20-1-6-32-23(20)34-15-33-22/h1,6,9,13-15,18-19H,2-4,7-8,10-12,31H2,(H,32,33,34)/t18-,25+. The summed E-state index contributed by atoms with van der Waals surface area (Å²) in [6, 6.07) is 5.90. The summed E-state index contributed by atoms with van der Waals surface area (Å²) in [7, 11) is 0. The Balaban J connectivity index is 1.09. The zero-order valence-electron chi connectivity index (χ0n) is 21.5. The maximum Gasteiger partial charge on any atom is 0.451 e. The van der Waals surface area contributed by atoms with Gasteiger partial charge in [0.1, 0.15) is 18.1 Å². The van der Waals surface area contributed by atoms with E-state index in [1.165, 1.54) is 12.4 Å². The molecule has 208 valence electrons. The number of nitrogens with two attached hydrogens (primary N) is 1. The van der Waals surface area contributed by atoms with Gasteiger partial charge in [0.2, 0.25) is 11.7 Å². The number of rotatable bonds is 7. The minimum absolute atomic E-state index is 0.0806. The van der Waals surface area contributed by atoms with Crippen LogP contribution in [0.3, 0.4) is 0 Å². The van der Waals surface area contributed by atoms with E-state index in [-0.39, 0.29) is 30.3 Å². The van der Waals surface area contributed by atoms with Gasteiger partial charge in [0.25, 0.3) is 0 Å². The molecule has 0 unspecified atom stereocenters. The topological polar surface area (TPSA) is 147 Å². The van der Waals surface area contributed by atoms with Crippen LogP contribution in [0.15, 0.2) is 37.1 Å². The van der Waals surface area contributed by atoms with Crippen LogP contribution < -0.4 is 10.5 Å². The highest BCUT2D eigenvalue weighted by molar-refractivity contribution is 5.89. The number of aromatic amines is 1. The highest BCUT2D eigenvalue weighted by Gasteiger charge is 2.49. The van der Waals surface area contributed by atoms with Crippen LogP contribution in [-0.2, 0) is 18.3 Å². The molecule has 0 aromatic carbocycles. The molecule has 0 spiro atoms. The number of alkyl halides is 3. The third kappa shape index (κ3) is 4.86. The summed E-state index contributed by atoms with van der Waals surface area (Å²) in [6.07, 6.45) is 5.32. The number of fused-ring (bicyclic) bond motifs is 1. The van der Waals surface area contributed by atoms with Crippen molar-refractivity contribution >= 4 is 11.0 Å². The molecule has 14 heteroatoms. The van der Waals surface area contributed by atoms with Crippen LogP contribution in [0.25, 0.3) is 22.3 Å². The van der Waals surface area contributed by atoms with Crippen molar-refractivity contribution in [2.45, 2.75) is 62.5 Å². The number of nitrogens with zero attached hydrogens (tertiary/aromatic N) is 8. The fourth-order valence-corrected chi connectivity index (χ4v) is 5.74. The molecule has 1 saturated carbocycles. The number of nitrogens with one attached hydrogen (secondary N) is 1. The first-order valence-electron chi connectivity index (χ1n) is 13.0. The number of hydrogen-bond donors (Lipinski definition) is 2. The number of piperidine rings is 1. The highest BCUT2D eigenvalue weighted by Crippen LogP contribution is 2.45. The van der Waals surface area contributed by atoms with Crippen molar-refractivity contribution in [2.24, 2.45) is 5.73 Å². The lowest BCUT2D eigenvalue weighted by Gasteiger charge is -2.52. The number of hydrogen-bond acceptors (Lipinski definition) is 9. The van der Waals surface area contributed by atoms with Crippen LogP contribution in [0, 0.1) is 11.3 Å². The molecule has 0 radical (unpaired) electrons. The Kier molecular flexibility index (Phi) is 6.63. The number of nitriles is 1. The van der Waals surface area contributed by atoms with Crippen molar-refractivity contribution in [1.82, 2.24) is 39.6 Å². The van der Waals surface area contributed by atoms with Crippen molar-refractivity contribution in [3.05, 3.63) is 48.6 Å². The van der Waals surface area contributed by atoms with Gasteiger partial charge in [-0.1, -0.05) is 0 Å². The average Bonchev–Trinajstić information content (AvgIpc) is 3.61. The van der Waals surface area contributed by atoms with Crippen LogP contribution in [0.4, 0.5) is 13.2 Å². The summed E-state index contributed by atoms with van der Waals surface area (Å²) in [5, 5.41) is 15.1. The maximum absolute atomic E-state index is 13.2. The number of aromatic nitrogens is 7. The average molecular weight is 553 g/mol. The second kappa shape index (κ2) is 10.1. The van der Waals surface area contributed by atoms with Crippen molar-refractivity contribution in [3.63, 3.8) is 0 Å². The Morgan fingerprint density at radius 2 is 2.00 bits per heavy atom. The second-order valence-electron chi connectivity index (χ2n) is 10.3. The van der Waals surface area contributed by atoms with Gasteiger partial charge in [0, 0.05) is 55.1 Å². The molecular weight excluding hydrogens is 525 g/mol. The zero-order valence-corrected chi connectivity index (χ0v) is 21.5. The van der Waals surface area contributed by atoms with Crippen molar-refractivity contribution < 1.29 is 17.9 Å². The molecule has 0 atom stereocenters. The highest BCUT2D eigenvalue weighted by atomic mass is 19.4. The first-order valence-corrected chi connectivity index (χ1v) is 13.0. The number of ether oxygens (including phenoxy) is 1. The van der Waals surface area contributed by atoms with Crippen LogP contribution in [0.5, 0.6) is 5.88 Å². The third-order valence-corrected chi connectivity index (χ3v) is 7.83. The smallest absolute Gasteiger partial charge is 0.451 e. The van der Waals surface area contributed by atoms with E-state index in [9.17, 15) is 18.4 Å². The predicted octanol–water partition coefficient (Wildman–Crippen LogP) is 3.40. The molecule has 6 rings (SSSR count). The first kappa shape index (κ1) is 26.1. The molecule has 40 heavy (non-hydrogen) atoms. The molecule has 2 fully saturated rings. The molecule has 11 nitrogen and oxygen atoms in total. The van der Waals surface area contributed by atoms with E-state index in [1.54, 1.807) is 6.20 Å². The molecule has 5 heterocycles. The lowest BCUT2D eigenvalue weighted by Crippen LogP contribution is -2.58. The zero-order chi connectivity index (χ0) is 27.9.